The first-order valence-corrected chi connectivity index (χ1v) is 7.03. The van der Waals surface area contributed by atoms with Gasteiger partial charge >= 0.3 is 6.18 Å². The zero-order valence-electron chi connectivity index (χ0n) is 12.6. The van der Waals surface area contributed by atoms with E-state index in [-0.39, 0.29) is 5.41 Å². The molecule has 5 nitrogen and oxygen atoms in total. The van der Waals surface area contributed by atoms with E-state index in [1.165, 1.54) is 4.90 Å². The number of nitrogens with zero attached hydrogens (tertiary/aromatic N) is 4. The molecule has 0 spiro atoms. The smallest absolute Gasteiger partial charge is 0.337 e. The molecule has 8 heteroatoms. The number of hydrogen-bond donors (Lipinski definition) is 0. The van der Waals surface area contributed by atoms with Gasteiger partial charge in [-0.25, -0.2) is 0 Å². The van der Waals surface area contributed by atoms with Crippen LogP contribution >= 0.6 is 0 Å². The van der Waals surface area contributed by atoms with Gasteiger partial charge in [0.2, 0.25) is 5.89 Å². The van der Waals surface area contributed by atoms with Crippen molar-refractivity contribution in [1.29, 1.82) is 0 Å². The van der Waals surface area contributed by atoms with Crippen molar-refractivity contribution in [2.75, 3.05) is 37.6 Å². The molecule has 0 aliphatic carbocycles. The molecule has 2 rings (SSSR count). The fourth-order valence-corrected chi connectivity index (χ4v) is 2.23. The fraction of sp³-hybridized carbons (Fsp3) is 0.846. The topological polar surface area (TPSA) is 45.4 Å². The van der Waals surface area contributed by atoms with Crippen LogP contribution in [-0.4, -0.2) is 53.9 Å². The maximum Gasteiger partial charge on any atom is 0.401 e. The Morgan fingerprint density at radius 1 is 1.10 bits per heavy atom. The summed E-state index contributed by atoms with van der Waals surface area (Å²) in [7, 11) is 0. The first-order chi connectivity index (χ1) is 9.65. The van der Waals surface area contributed by atoms with Crippen molar-refractivity contribution in [3.05, 3.63) is 5.89 Å². The van der Waals surface area contributed by atoms with E-state index in [2.05, 4.69) is 10.1 Å². The molecule has 1 saturated heterocycles. The zero-order valence-corrected chi connectivity index (χ0v) is 12.6. The van der Waals surface area contributed by atoms with Crippen molar-refractivity contribution in [3.63, 3.8) is 0 Å². The van der Waals surface area contributed by atoms with E-state index in [4.69, 9.17) is 4.52 Å². The molecule has 120 valence electrons. The second-order valence-corrected chi connectivity index (χ2v) is 6.38. The third kappa shape index (κ3) is 4.59. The first kappa shape index (κ1) is 16.1. The number of aromatic nitrogens is 2. The van der Waals surface area contributed by atoms with E-state index in [1.807, 2.05) is 25.7 Å². The molecule has 2 heterocycles. The summed E-state index contributed by atoms with van der Waals surface area (Å²) < 4.78 is 42.5. The van der Waals surface area contributed by atoms with Gasteiger partial charge < -0.3 is 9.42 Å². The first-order valence-electron chi connectivity index (χ1n) is 7.03. The largest absolute Gasteiger partial charge is 0.401 e. The Bertz CT molecular complexity index is 467. The predicted octanol–water partition coefficient (Wildman–Crippen LogP) is 2.44. The van der Waals surface area contributed by atoms with Crippen LogP contribution in [0.3, 0.4) is 0 Å². The van der Waals surface area contributed by atoms with Gasteiger partial charge in [0, 0.05) is 31.6 Å². The molecule has 1 aliphatic heterocycles. The summed E-state index contributed by atoms with van der Waals surface area (Å²) in [5.41, 5.74) is -0.237. The Balaban J connectivity index is 1.98. The highest BCUT2D eigenvalue weighted by Gasteiger charge is 2.32. The van der Waals surface area contributed by atoms with Crippen LogP contribution in [0.1, 0.15) is 33.1 Å². The van der Waals surface area contributed by atoms with E-state index < -0.39 is 12.7 Å². The Morgan fingerprint density at radius 3 is 2.38 bits per heavy atom. The lowest BCUT2D eigenvalue weighted by Gasteiger charge is -2.21. The van der Waals surface area contributed by atoms with Crippen LogP contribution in [0.2, 0.25) is 0 Å². The highest BCUT2D eigenvalue weighted by molar-refractivity contribution is 5.28. The average Bonchev–Trinajstić information content (AvgIpc) is 2.71. The van der Waals surface area contributed by atoms with E-state index in [1.54, 1.807) is 0 Å². The van der Waals surface area contributed by atoms with Gasteiger partial charge in [-0.1, -0.05) is 20.8 Å². The molecule has 1 aromatic heterocycles. The van der Waals surface area contributed by atoms with E-state index in [0.29, 0.717) is 44.4 Å². The fourth-order valence-electron chi connectivity index (χ4n) is 2.23. The van der Waals surface area contributed by atoms with Crippen LogP contribution < -0.4 is 4.90 Å². The van der Waals surface area contributed by atoms with Gasteiger partial charge in [0.15, 0.2) is 0 Å². The van der Waals surface area contributed by atoms with Crippen LogP contribution in [0.4, 0.5) is 19.1 Å². The maximum atomic E-state index is 12.4. The predicted molar refractivity (Wildman–Crippen MR) is 72.3 cm³/mol. The van der Waals surface area contributed by atoms with Crippen LogP contribution in [0.25, 0.3) is 0 Å². The van der Waals surface area contributed by atoms with Gasteiger partial charge in [0.05, 0.1) is 6.54 Å². The zero-order chi connectivity index (χ0) is 15.7. The Kier molecular flexibility index (Phi) is 4.46. The summed E-state index contributed by atoms with van der Waals surface area (Å²) in [5, 5.41) is 3.95. The quantitative estimate of drug-likeness (QED) is 0.840. The van der Waals surface area contributed by atoms with Crippen LogP contribution in [0.5, 0.6) is 0 Å². The molecule has 0 bridgehead atoms. The van der Waals surface area contributed by atoms with Gasteiger partial charge in [-0.2, -0.15) is 18.2 Å². The van der Waals surface area contributed by atoms with Gasteiger partial charge in [0.1, 0.15) is 0 Å². The SMILES string of the molecule is CC(C)(C)c1nc(N2CCCN(CC(F)(F)F)CC2)no1. The minimum atomic E-state index is -4.15. The van der Waals surface area contributed by atoms with Gasteiger partial charge in [-0.3, -0.25) is 4.90 Å². The van der Waals surface area contributed by atoms with Crippen molar-refractivity contribution in [3.8, 4) is 0 Å². The molecular weight excluding hydrogens is 285 g/mol. The standard InChI is InChI=1S/C13H21F3N4O/c1-12(2,3)10-17-11(18-21-10)20-6-4-5-19(7-8-20)9-13(14,15)16/h4-9H2,1-3H3. The van der Waals surface area contributed by atoms with Crippen molar-refractivity contribution < 1.29 is 17.7 Å². The lowest BCUT2D eigenvalue weighted by molar-refractivity contribution is -0.145. The molecule has 1 aliphatic rings. The van der Waals surface area contributed by atoms with E-state index in [0.717, 1.165) is 0 Å². The summed E-state index contributed by atoms with van der Waals surface area (Å²) in [6.45, 7) is 6.93. The highest BCUT2D eigenvalue weighted by Crippen LogP contribution is 2.23. The van der Waals surface area contributed by atoms with Crippen molar-refractivity contribution in [2.45, 2.75) is 38.8 Å². The number of anilines is 1. The van der Waals surface area contributed by atoms with E-state index >= 15 is 0 Å². The summed E-state index contributed by atoms with van der Waals surface area (Å²) >= 11 is 0. The molecule has 0 atom stereocenters. The second kappa shape index (κ2) is 5.82. The second-order valence-electron chi connectivity index (χ2n) is 6.38. The van der Waals surface area contributed by atoms with Gasteiger partial charge in [-0.15, -0.1) is 0 Å². The van der Waals surface area contributed by atoms with Crippen LogP contribution in [0, 0.1) is 0 Å². The monoisotopic (exact) mass is 306 g/mol. The summed E-state index contributed by atoms with van der Waals surface area (Å²) in [4.78, 5) is 7.66. The molecule has 0 radical (unpaired) electrons. The highest BCUT2D eigenvalue weighted by atomic mass is 19.4. The van der Waals surface area contributed by atoms with Crippen LogP contribution in [-0.2, 0) is 5.41 Å². The Morgan fingerprint density at radius 2 is 1.81 bits per heavy atom. The molecule has 0 aromatic carbocycles. The summed E-state index contributed by atoms with van der Waals surface area (Å²) in [6.07, 6.45) is -3.50. The number of halogens is 3. The van der Waals surface area contributed by atoms with Gasteiger partial charge in [-0.05, 0) is 11.6 Å². The molecule has 0 N–H and O–H groups in total. The molecule has 1 aromatic rings. The summed E-state index contributed by atoms with van der Waals surface area (Å²) in [6, 6.07) is 0. The molecule has 0 amide bonds. The normalized spacial score (nSPS) is 18.9. The Labute approximate surface area is 122 Å². The lowest BCUT2D eigenvalue weighted by Crippen LogP contribution is -2.37. The lowest BCUT2D eigenvalue weighted by atomic mass is 9.97. The molecule has 21 heavy (non-hydrogen) atoms. The van der Waals surface area contributed by atoms with Gasteiger partial charge in [0.25, 0.3) is 5.95 Å². The molecule has 0 unspecified atom stereocenters. The third-order valence-electron chi connectivity index (χ3n) is 3.33. The summed E-state index contributed by atoms with van der Waals surface area (Å²) in [5.74, 6) is 1.00. The average molecular weight is 306 g/mol. The molecular formula is C13H21F3N4O. The molecule has 0 saturated carbocycles. The number of hydrogen-bond acceptors (Lipinski definition) is 5. The number of rotatable bonds is 2. The van der Waals surface area contributed by atoms with Crippen molar-refractivity contribution in [2.24, 2.45) is 0 Å². The van der Waals surface area contributed by atoms with Crippen molar-refractivity contribution >= 4 is 5.95 Å². The third-order valence-corrected chi connectivity index (χ3v) is 3.33. The Hall–Kier alpha value is -1.31. The minimum Gasteiger partial charge on any atom is -0.337 e. The van der Waals surface area contributed by atoms with Crippen LogP contribution in [0.15, 0.2) is 4.52 Å². The maximum absolute atomic E-state index is 12.4. The number of alkyl halides is 3. The minimum absolute atomic E-state index is 0.237. The van der Waals surface area contributed by atoms with E-state index in [9.17, 15) is 13.2 Å². The molecule has 1 fully saturated rings. The van der Waals surface area contributed by atoms with Crippen molar-refractivity contribution in [1.82, 2.24) is 15.0 Å².